The van der Waals surface area contributed by atoms with Crippen molar-refractivity contribution in [1.29, 1.82) is 0 Å². The minimum absolute atomic E-state index is 0.197. The smallest absolute Gasteiger partial charge is 0.318 e. The van der Waals surface area contributed by atoms with Gasteiger partial charge in [-0.1, -0.05) is 11.6 Å². The van der Waals surface area contributed by atoms with Gasteiger partial charge in [-0.3, -0.25) is 9.97 Å². The van der Waals surface area contributed by atoms with Crippen LogP contribution in [0.1, 0.15) is 17.0 Å². The van der Waals surface area contributed by atoms with Crippen LogP contribution in [-0.2, 0) is 19.1 Å². The Bertz CT molecular complexity index is 782. The molecule has 0 spiro atoms. The summed E-state index contributed by atoms with van der Waals surface area (Å²) in [7, 11) is 0. The van der Waals surface area contributed by atoms with Gasteiger partial charge in [0.2, 0.25) is 0 Å². The number of rotatable bonds is 1. The summed E-state index contributed by atoms with van der Waals surface area (Å²) in [5.41, 5.74) is 0.816. The number of anilines is 1. The number of nitrogens with zero attached hydrogens (tertiary/aromatic N) is 3. The van der Waals surface area contributed by atoms with E-state index < -0.39 is 22.8 Å². The molecule has 0 radical (unpaired) electrons. The van der Waals surface area contributed by atoms with Gasteiger partial charge >= 0.3 is 12.2 Å². The molecular formula is C15H12ClF3N4O. The van der Waals surface area contributed by atoms with Crippen molar-refractivity contribution >= 4 is 23.3 Å². The van der Waals surface area contributed by atoms with Crippen LogP contribution in [-0.4, -0.2) is 27.4 Å². The lowest BCUT2D eigenvalue weighted by atomic mass is 10.1. The first-order valence-electron chi connectivity index (χ1n) is 7.06. The molecule has 5 nitrogen and oxygen atoms in total. The molecule has 9 heteroatoms. The molecule has 3 rings (SSSR count). The Balaban J connectivity index is 1.71. The van der Waals surface area contributed by atoms with Crippen molar-refractivity contribution in [2.45, 2.75) is 19.1 Å². The van der Waals surface area contributed by atoms with Crippen LogP contribution in [0.5, 0.6) is 0 Å². The van der Waals surface area contributed by atoms with E-state index in [1.165, 1.54) is 11.0 Å². The molecule has 1 aliphatic rings. The van der Waals surface area contributed by atoms with Gasteiger partial charge in [-0.25, -0.2) is 4.79 Å². The van der Waals surface area contributed by atoms with Crippen molar-refractivity contribution in [3.63, 3.8) is 0 Å². The van der Waals surface area contributed by atoms with Crippen molar-refractivity contribution in [1.82, 2.24) is 14.9 Å². The first-order valence-corrected chi connectivity index (χ1v) is 7.44. The standard InChI is InChI=1S/C15H12ClF3N4O/c16-11-7-9(1-2-10(11)15(17,18)19)22-14(24)23-6-3-12-13(8-23)21-5-4-20-12/h1-2,4-5,7H,3,6,8H2,(H,22,24). The number of carbonyl (C=O) groups is 1. The minimum Gasteiger partial charge on any atom is -0.318 e. The lowest BCUT2D eigenvalue weighted by Gasteiger charge is -2.27. The highest BCUT2D eigenvalue weighted by Crippen LogP contribution is 2.35. The topological polar surface area (TPSA) is 58.1 Å². The molecule has 2 amide bonds. The van der Waals surface area contributed by atoms with Crippen molar-refractivity contribution in [3.05, 3.63) is 52.6 Å². The summed E-state index contributed by atoms with van der Waals surface area (Å²) in [5.74, 6) is 0. The number of urea groups is 1. The summed E-state index contributed by atoms with van der Waals surface area (Å²) in [6.07, 6.45) is -0.812. The lowest BCUT2D eigenvalue weighted by Crippen LogP contribution is -2.39. The Labute approximate surface area is 140 Å². The number of hydrogen-bond donors (Lipinski definition) is 1. The first-order chi connectivity index (χ1) is 11.3. The van der Waals surface area contributed by atoms with Crippen LogP contribution in [0.25, 0.3) is 0 Å². The van der Waals surface area contributed by atoms with Gasteiger partial charge in [0, 0.05) is 31.0 Å². The number of hydrogen-bond acceptors (Lipinski definition) is 3. The first kappa shape index (κ1) is 16.5. The van der Waals surface area contributed by atoms with Crippen molar-refractivity contribution < 1.29 is 18.0 Å². The number of carbonyl (C=O) groups excluding carboxylic acids is 1. The molecule has 2 aromatic rings. The normalized spacial score (nSPS) is 14.2. The number of amides is 2. The predicted octanol–water partition coefficient (Wildman–Crippen LogP) is 3.74. The molecule has 2 heterocycles. The molecule has 0 aliphatic carbocycles. The molecule has 0 atom stereocenters. The van der Waals surface area contributed by atoms with Crippen LogP contribution in [0.15, 0.2) is 30.6 Å². The van der Waals surface area contributed by atoms with Gasteiger partial charge in [-0.05, 0) is 18.2 Å². The number of aromatic nitrogens is 2. The largest absolute Gasteiger partial charge is 0.417 e. The summed E-state index contributed by atoms with van der Waals surface area (Å²) in [6, 6.07) is 2.67. The van der Waals surface area contributed by atoms with E-state index in [9.17, 15) is 18.0 Å². The lowest BCUT2D eigenvalue weighted by molar-refractivity contribution is -0.137. The Morgan fingerprint density at radius 2 is 1.92 bits per heavy atom. The zero-order valence-corrected chi connectivity index (χ0v) is 13.0. The predicted molar refractivity (Wildman–Crippen MR) is 81.6 cm³/mol. The Morgan fingerprint density at radius 1 is 1.21 bits per heavy atom. The van der Waals surface area contributed by atoms with E-state index >= 15 is 0 Å². The van der Waals surface area contributed by atoms with E-state index in [-0.39, 0.29) is 5.69 Å². The van der Waals surface area contributed by atoms with E-state index in [2.05, 4.69) is 15.3 Å². The molecule has 24 heavy (non-hydrogen) atoms. The zero-order chi connectivity index (χ0) is 17.3. The minimum atomic E-state index is -4.53. The SMILES string of the molecule is O=C(Nc1ccc(C(F)(F)F)c(Cl)c1)N1CCc2nccnc2C1. The summed E-state index contributed by atoms with van der Waals surface area (Å²) in [4.78, 5) is 22.2. The monoisotopic (exact) mass is 356 g/mol. The third-order valence-electron chi connectivity index (χ3n) is 3.63. The van der Waals surface area contributed by atoms with Gasteiger partial charge in [-0.2, -0.15) is 13.2 Å². The quantitative estimate of drug-likeness (QED) is 0.846. The molecular weight excluding hydrogens is 345 g/mol. The van der Waals surface area contributed by atoms with Crippen molar-refractivity contribution in [2.24, 2.45) is 0 Å². The highest BCUT2D eigenvalue weighted by Gasteiger charge is 2.33. The summed E-state index contributed by atoms with van der Waals surface area (Å²) < 4.78 is 38.0. The van der Waals surface area contributed by atoms with Crippen LogP contribution in [0, 0.1) is 0 Å². The molecule has 126 valence electrons. The fourth-order valence-electron chi connectivity index (χ4n) is 2.44. The second kappa shape index (κ2) is 6.27. The second-order valence-electron chi connectivity index (χ2n) is 5.24. The molecule has 1 aromatic carbocycles. The maximum atomic E-state index is 12.7. The van der Waals surface area contributed by atoms with Gasteiger partial charge < -0.3 is 10.2 Å². The number of benzene rings is 1. The average molecular weight is 357 g/mol. The van der Waals surface area contributed by atoms with Crippen LogP contribution in [0.3, 0.4) is 0 Å². The number of alkyl halides is 3. The van der Waals surface area contributed by atoms with Crippen LogP contribution < -0.4 is 5.32 Å². The van der Waals surface area contributed by atoms with Gasteiger partial charge in [0.1, 0.15) is 0 Å². The van der Waals surface area contributed by atoms with E-state index in [1.807, 2.05) is 0 Å². The maximum Gasteiger partial charge on any atom is 0.417 e. The van der Waals surface area contributed by atoms with Gasteiger partial charge in [0.25, 0.3) is 0 Å². The van der Waals surface area contributed by atoms with E-state index in [1.54, 1.807) is 12.4 Å². The zero-order valence-electron chi connectivity index (χ0n) is 12.3. The molecule has 1 N–H and O–H groups in total. The van der Waals surface area contributed by atoms with Crippen molar-refractivity contribution in [2.75, 3.05) is 11.9 Å². The van der Waals surface area contributed by atoms with E-state index in [4.69, 9.17) is 11.6 Å². The molecule has 0 unspecified atom stereocenters. The third kappa shape index (κ3) is 3.43. The Hall–Kier alpha value is -2.35. The number of fused-ring (bicyclic) bond motifs is 1. The summed E-state index contributed by atoms with van der Waals surface area (Å²) in [5, 5.41) is 2.09. The molecule has 0 bridgehead atoms. The second-order valence-corrected chi connectivity index (χ2v) is 5.65. The van der Waals surface area contributed by atoms with Gasteiger partial charge in [0.05, 0.1) is 28.5 Å². The summed E-state index contributed by atoms with van der Waals surface area (Å²) in [6.45, 7) is 0.745. The van der Waals surface area contributed by atoms with E-state index in [0.29, 0.717) is 25.2 Å². The molecule has 1 aromatic heterocycles. The Morgan fingerprint density at radius 3 is 2.58 bits per heavy atom. The highest BCUT2D eigenvalue weighted by molar-refractivity contribution is 6.31. The van der Waals surface area contributed by atoms with Crippen LogP contribution in [0.4, 0.5) is 23.7 Å². The number of nitrogens with one attached hydrogen (secondary N) is 1. The molecule has 0 fully saturated rings. The molecule has 1 aliphatic heterocycles. The summed E-state index contributed by atoms with van der Waals surface area (Å²) >= 11 is 5.65. The van der Waals surface area contributed by atoms with Crippen LogP contribution >= 0.6 is 11.6 Å². The highest BCUT2D eigenvalue weighted by atomic mass is 35.5. The average Bonchev–Trinajstić information content (AvgIpc) is 2.53. The third-order valence-corrected chi connectivity index (χ3v) is 3.95. The van der Waals surface area contributed by atoms with Crippen LogP contribution in [0.2, 0.25) is 5.02 Å². The van der Waals surface area contributed by atoms with Gasteiger partial charge in [-0.15, -0.1) is 0 Å². The maximum absolute atomic E-state index is 12.7. The van der Waals surface area contributed by atoms with Crippen molar-refractivity contribution in [3.8, 4) is 0 Å². The molecule has 0 saturated heterocycles. The fourth-order valence-corrected chi connectivity index (χ4v) is 2.72. The fraction of sp³-hybridized carbons (Fsp3) is 0.267. The van der Waals surface area contributed by atoms with E-state index in [0.717, 1.165) is 17.8 Å². The Kier molecular flexibility index (Phi) is 4.31. The molecule has 0 saturated carbocycles. The van der Waals surface area contributed by atoms with Gasteiger partial charge in [0.15, 0.2) is 0 Å². The number of halogens is 4.